The zero-order valence-corrected chi connectivity index (χ0v) is 16.5. The van der Waals surface area contributed by atoms with Gasteiger partial charge in [-0.15, -0.1) is 10.2 Å². The number of hydrogen-bond donors (Lipinski definition) is 0. The molecule has 0 atom stereocenters. The Balaban J connectivity index is 1.45. The molecule has 0 amide bonds. The van der Waals surface area contributed by atoms with E-state index in [1.165, 1.54) is 30.3 Å². The van der Waals surface area contributed by atoms with Crippen molar-refractivity contribution >= 4 is 17.4 Å². The van der Waals surface area contributed by atoms with Gasteiger partial charge in [0, 0.05) is 28.8 Å². The summed E-state index contributed by atoms with van der Waals surface area (Å²) in [6, 6.07) is 20.8. The molecular formula is C23H15N3O6. The number of nitrogens with zero attached hydrogens (tertiary/aromatic N) is 3. The fraction of sp³-hybridized carbons (Fsp3) is 0.0435. The molecule has 9 heteroatoms. The van der Waals surface area contributed by atoms with E-state index in [0.717, 1.165) is 11.6 Å². The largest absolute Gasteiger partial charge is 0.454 e. The average Bonchev–Trinajstić information content (AvgIpc) is 3.33. The molecule has 0 saturated heterocycles. The first-order valence-electron chi connectivity index (χ1n) is 9.45. The lowest BCUT2D eigenvalue weighted by molar-refractivity contribution is -0.384. The van der Waals surface area contributed by atoms with Gasteiger partial charge in [0.25, 0.3) is 5.69 Å². The molecule has 0 fully saturated rings. The zero-order chi connectivity index (χ0) is 22.5. The van der Waals surface area contributed by atoms with Crippen molar-refractivity contribution < 1.29 is 23.7 Å². The molecule has 32 heavy (non-hydrogen) atoms. The SMILES string of the molecule is O=C(COC(=O)c1cccc(-c2nnc(-c3ccccc3)o2)c1)c1cccc([N+](=O)[O-])c1. The third-order valence-electron chi connectivity index (χ3n) is 4.50. The first-order chi connectivity index (χ1) is 15.5. The van der Waals surface area contributed by atoms with E-state index in [2.05, 4.69) is 10.2 Å². The van der Waals surface area contributed by atoms with Crippen LogP contribution in [0.4, 0.5) is 5.69 Å². The molecule has 3 aromatic carbocycles. The van der Waals surface area contributed by atoms with Crippen molar-refractivity contribution in [2.75, 3.05) is 6.61 Å². The molecule has 158 valence electrons. The van der Waals surface area contributed by atoms with Crippen LogP contribution in [0.3, 0.4) is 0 Å². The molecule has 0 aliphatic heterocycles. The predicted molar refractivity (Wildman–Crippen MR) is 113 cm³/mol. The van der Waals surface area contributed by atoms with E-state index in [0.29, 0.717) is 11.5 Å². The van der Waals surface area contributed by atoms with Gasteiger partial charge in [-0.1, -0.05) is 36.4 Å². The second kappa shape index (κ2) is 9.00. The molecule has 9 nitrogen and oxygen atoms in total. The number of nitro groups is 1. The summed E-state index contributed by atoms with van der Waals surface area (Å²) in [4.78, 5) is 34.9. The van der Waals surface area contributed by atoms with Gasteiger partial charge < -0.3 is 9.15 Å². The van der Waals surface area contributed by atoms with Crippen molar-refractivity contribution in [1.29, 1.82) is 0 Å². The van der Waals surface area contributed by atoms with Crippen molar-refractivity contribution in [1.82, 2.24) is 10.2 Å². The Bertz CT molecular complexity index is 1300. The maximum atomic E-state index is 12.4. The van der Waals surface area contributed by atoms with E-state index in [9.17, 15) is 19.7 Å². The maximum Gasteiger partial charge on any atom is 0.338 e. The number of Topliss-reactive ketones (excluding diaryl/α,β-unsaturated/α-hetero) is 1. The van der Waals surface area contributed by atoms with Crippen molar-refractivity contribution in [2.24, 2.45) is 0 Å². The van der Waals surface area contributed by atoms with Crippen LogP contribution in [0.25, 0.3) is 22.9 Å². The summed E-state index contributed by atoms with van der Waals surface area (Å²) in [5.41, 5.74) is 1.33. The van der Waals surface area contributed by atoms with Crippen LogP contribution >= 0.6 is 0 Å². The topological polar surface area (TPSA) is 125 Å². The lowest BCUT2D eigenvalue weighted by atomic mass is 10.1. The molecule has 4 aromatic rings. The first kappa shape index (κ1) is 20.6. The molecule has 0 spiro atoms. The number of carbonyl (C=O) groups is 2. The Morgan fingerprint density at radius 2 is 1.50 bits per heavy atom. The van der Waals surface area contributed by atoms with Gasteiger partial charge in [-0.2, -0.15) is 0 Å². The van der Waals surface area contributed by atoms with Crippen LogP contribution in [0.15, 0.2) is 83.3 Å². The second-order valence-corrected chi connectivity index (χ2v) is 6.67. The number of rotatable bonds is 7. The summed E-state index contributed by atoms with van der Waals surface area (Å²) in [5.74, 6) is -0.710. The van der Waals surface area contributed by atoms with E-state index in [1.54, 1.807) is 12.1 Å². The Morgan fingerprint density at radius 3 is 2.25 bits per heavy atom. The van der Waals surface area contributed by atoms with E-state index < -0.39 is 23.3 Å². The van der Waals surface area contributed by atoms with Gasteiger partial charge in [-0.05, 0) is 30.3 Å². The van der Waals surface area contributed by atoms with Crippen LogP contribution in [-0.2, 0) is 4.74 Å². The fourth-order valence-corrected chi connectivity index (χ4v) is 2.91. The number of nitro benzene ring substituents is 1. The normalized spacial score (nSPS) is 10.5. The van der Waals surface area contributed by atoms with Gasteiger partial charge in [0.1, 0.15) is 0 Å². The minimum atomic E-state index is -0.728. The Morgan fingerprint density at radius 1 is 0.844 bits per heavy atom. The highest BCUT2D eigenvalue weighted by Gasteiger charge is 2.16. The van der Waals surface area contributed by atoms with Crippen LogP contribution in [0.5, 0.6) is 0 Å². The van der Waals surface area contributed by atoms with Crippen molar-refractivity contribution in [2.45, 2.75) is 0 Å². The quantitative estimate of drug-likeness (QED) is 0.184. The van der Waals surface area contributed by atoms with Crippen LogP contribution in [-0.4, -0.2) is 33.5 Å². The van der Waals surface area contributed by atoms with E-state index >= 15 is 0 Å². The van der Waals surface area contributed by atoms with Crippen molar-refractivity contribution in [3.8, 4) is 22.9 Å². The molecule has 0 bridgehead atoms. The van der Waals surface area contributed by atoms with Gasteiger partial charge >= 0.3 is 5.97 Å². The van der Waals surface area contributed by atoms with Crippen molar-refractivity contribution in [3.63, 3.8) is 0 Å². The maximum absolute atomic E-state index is 12.4. The number of esters is 1. The molecule has 1 aromatic heterocycles. The first-order valence-corrected chi connectivity index (χ1v) is 9.45. The average molecular weight is 429 g/mol. The van der Waals surface area contributed by atoms with Gasteiger partial charge in [-0.3, -0.25) is 14.9 Å². The molecule has 0 radical (unpaired) electrons. The number of non-ortho nitro benzene ring substituents is 1. The molecule has 0 aliphatic rings. The minimum Gasteiger partial charge on any atom is -0.454 e. The van der Waals surface area contributed by atoms with Crippen molar-refractivity contribution in [3.05, 3.63) is 100 Å². The number of ether oxygens (including phenoxy) is 1. The molecule has 0 aliphatic carbocycles. The lowest BCUT2D eigenvalue weighted by Crippen LogP contribution is -2.14. The highest BCUT2D eigenvalue weighted by molar-refractivity contribution is 6.00. The molecule has 4 rings (SSSR count). The molecule has 0 unspecified atom stereocenters. The smallest absolute Gasteiger partial charge is 0.338 e. The van der Waals surface area contributed by atoms with Gasteiger partial charge in [0.2, 0.25) is 17.6 Å². The van der Waals surface area contributed by atoms with Crippen LogP contribution in [0.2, 0.25) is 0 Å². The monoisotopic (exact) mass is 429 g/mol. The summed E-state index contributed by atoms with van der Waals surface area (Å²) in [5, 5.41) is 18.9. The number of ketones is 1. The summed E-state index contributed by atoms with van der Waals surface area (Å²) < 4.78 is 10.8. The second-order valence-electron chi connectivity index (χ2n) is 6.67. The Labute approximate surface area is 181 Å². The highest BCUT2D eigenvalue weighted by Crippen LogP contribution is 2.24. The fourth-order valence-electron chi connectivity index (χ4n) is 2.91. The molecule has 1 heterocycles. The van der Waals surface area contributed by atoms with E-state index in [1.807, 2.05) is 30.3 Å². The van der Waals surface area contributed by atoms with Gasteiger partial charge in [-0.25, -0.2) is 4.79 Å². The third kappa shape index (κ3) is 4.57. The minimum absolute atomic E-state index is 0.0834. The van der Waals surface area contributed by atoms with Crippen LogP contribution < -0.4 is 0 Å². The number of carbonyl (C=O) groups excluding carboxylic acids is 2. The Hall–Kier alpha value is -4.66. The summed E-state index contributed by atoms with van der Waals surface area (Å²) >= 11 is 0. The van der Waals surface area contributed by atoms with E-state index in [4.69, 9.17) is 9.15 Å². The van der Waals surface area contributed by atoms with Crippen LogP contribution in [0, 0.1) is 10.1 Å². The zero-order valence-electron chi connectivity index (χ0n) is 16.5. The van der Waals surface area contributed by atoms with Gasteiger partial charge in [0.05, 0.1) is 10.5 Å². The molecule has 0 N–H and O–H groups in total. The standard InChI is InChI=1S/C23H15N3O6/c27-20(16-8-5-11-19(13-16)26(29)30)14-31-23(28)18-10-4-9-17(12-18)22-25-24-21(32-22)15-6-2-1-3-7-15/h1-13H,14H2. The summed E-state index contributed by atoms with van der Waals surface area (Å²) in [7, 11) is 0. The number of aromatic nitrogens is 2. The highest BCUT2D eigenvalue weighted by atomic mass is 16.6. The van der Waals surface area contributed by atoms with Crippen LogP contribution in [0.1, 0.15) is 20.7 Å². The lowest BCUT2D eigenvalue weighted by Gasteiger charge is -2.05. The third-order valence-corrected chi connectivity index (χ3v) is 4.50. The summed E-state index contributed by atoms with van der Waals surface area (Å²) in [6.07, 6.45) is 0. The number of hydrogen-bond acceptors (Lipinski definition) is 8. The molecule has 0 saturated carbocycles. The van der Waals surface area contributed by atoms with Gasteiger partial charge in [0.15, 0.2) is 6.61 Å². The van der Waals surface area contributed by atoms with E-state index in [-0.39, 0.29) is 22.7 Å². The summed E-state index contributed by atoms with van der Waals surface area (Å²) in [6.45, 7) is -0.553. The number of benzene rings is 3. The molecular weight excluding hydrogens is 414 g/mol. The Kier molecular flexibility index (Phi) is 5.80. The predicted octanol–water partition coefficient (Wildman–Crippen LogP) is 4.35.